The van der Waals surface area contributed by atoms with E-state index in [0.29, 0.717) is 0 Å². The molecule has 0 N–H and O–H groups in total. The van der Waals surface area contributed by atoms with E-state index in [1.165, 1.54) is 12.8 Å². The molecule has 0 fully saturated rings. The van der Waals surface area contributed by atoms with Gasteiger partial charge in [-0.2, -0.15) is 0 Å². The number of hydrogen-bond donors (Lipinski definition) is 0. The lowest BCUT2D eigenvalue weighted by atomic mass is 10.3. The normalized spacial score (nSPS) is 10.9. The van der Waals surface area contributed by atoms with Crippen LogP contribution in [-0.2, 0) is 0 Å². The van der Waals surface area contributed by atoms with Crippen LogP contribution in [0.25, 0.3) is 0 Å². The van der Waals surface area contributed by atoms with E-state index in [-0.39, 0.29) is 0 Å². The Hall–Kier alpha value is 0.0900. The predicted molar refractivity (Wildman–Crippen MR) is 46.2 cm³/mol. The van der Waals surface area contributed by atoms with E-state index in [0.717, 1.165) is 6.42 Å². The molecule has 1 radical (unpaired) electrons. The molecule has 0 aliphatic rings. The lowest BCUT2D eigenvalue weighted by Crippen LogP contribution is -1.60. The predicted octanol–water partition coefficient (Wildman–Crippen LogP) is 3.61. The molecule has 0 saturated heterocycles. The summed E-state index contributed by atoms with van der Waals surface area (Å²) in [5.41, 5.74) is 0. The molecule has 0 aromatic rings. The molecular formula is C8H15S. The van der Waals surface area contributed by atoms with Gasteiger partial charge in [-0.05, 0) is 18.2 Å². The molecule has 0 rings (SSSR count). The number of hydrogen-bond acceptors (Lipinski definition) is 1. The van der Waals surface area contributed by atoms with Crippen molar-refractivity contribution < 1.29 is 0 Å². The van der Waals surface area contributed by atoms with Gasteiger partial charge in [-0.15, -0.1) is 11.8 Å². The lowest BCUT2D eigenvalue weighted by molar-refractivity contribution is 0.960. The Kier molecular flexibility index (Phi) is 8.17. The van der Waals surface area contributed by atoms with Crippen LogP contribution < -0.4 is 0 Å². The topological polar surface area (TPSA) is 0 Å². The fourth-order valence-electron chi connectivity index (χ4n) is 0.442. The van der Waals surface area contributed by atoms with Crippen LogP contribution >= 0.6 is 11.8 Å². The fourth-order valence-corrected chi connectivity index (χ4v) is 0.993. The molecule has 0 saturated carbocycles. The van der Waals surface area contributed by atoms with Crippen LogP contribution in [0.4, 0.5) is 0 Å². The van der Waals surface area contributed by atoms with Crippen molar-refractivity contribution in [2.24, 2.45) is 0 Å². The number of rotatable bonds is 5. The summed E-state index contributed by atoms with van der Waals surface area (Å²) >= 11 is 1.79. The third-order valence-corrected chi connectivity index (χ3v) is 1.77. The Bertz CT molecular complexity index is 67.0. The van der Waals surface area contributed by atoms with Gasteiger partial charge >= 0.3 is 0 Å². The summed E-state index contributed by atoms with van der Waals surface area (Å²) in [6, 6.07) is 0. The van der Waals surface area contributed by atoms with Crippen molar-refractivity contribution in [2.45, 2.75) is 33.1 Å². The van der Waals surface area contributed by atoms with Gasteiger partial charge in [0.1, 0.15) is 0 Å². The monoisotopic (exact) mass is 143 g/mol. The molecule has 0 bridgehead atoms. The van der Waals surface area contributed by atoms with Gasteiger partial charge in [0.15, 0.2) is 0 Å². The summed E-state index contributed by atoms with van der Waals surface area (Å²) in [4.78, 5) is 0. The second kappa shape index (κ2) is 8.09. The maximum Gasteiger partial charge on any atom is 0.0208 e. The summed E-state index contributed by atoms with van der Waals surface area (Å²) in [6.45, 7) is 4.35. The molecule has 0 spiro atoms. The number of allylic oxidation sites excluding steroid dienone is 1. The van der Waals surface area contributed by atoms with E-state index < -0.39 is 0 Å². The average Bonchev–Trinajstić information content (AvgIpc) is 1.89. The minimum Gasteiger partial charge on any atom is -0.130 e. The lowest BCUT2D eigenvalue weighted by Gasteiger charge is -1.86. The van der Waals surface area contributed by atoms with Crippen LogP contribution in [0.5, 0.6) is 0 Å². The van der Waals surface area contributed by atoms with Crippen LogP contribution in [0.2, 0.25) is 0 Å². The number of unbranched alkanes of at least 4 members (excludes halogenated alkanes) is 1. The molecule has 0 aromatic heterocycles. The molecule has 1 heteroatoms. The maximum absolute atomic E-state index is 2.22. The highest BCUT2D eigenvalue weighted by molar-refractivity contribution is 8.04. The van der Waals surface area contributed by atoms with E-state index in [1.54, 1.807) is 11.8 Å². The van der Waals surface area contributed by atoms with Crippen LogP contribution in [0, 0.1) is 5.75 Å². The van der Waals surface area contributed by atoms with Gasteiger partial charge in [-0.25, -0.2) is 0 Å². The largest absolute Gasteiger partial charge is 0.130 e. The summed E-state index contributed by atoms with van der Waals surface area (Å²) in [6.07, 6.45) is 5.84. The highest BCUT2D eigenvalue weighted by Crippen LogP contribution is 2.09. The Balaban J connectivity index is 2.86. The van der Waals surface area contributed by atoms with E-state index in [9.17, 15) is 0 Å². The third-order valence-electron chi connectivity index (χ3n) is 0.893. The van der Waals surface area contributed by atoms with Crippen LogP contribution in [0.3, 0.4) is 0 Å². The minimum absolute atomic E-state index is 1.15. The molecule has 0 heterocycles. The molecule has 53 valence electrons. The van der Waals surface area contributed by atoms with Crippen molar-refractivity contribution >= 4 is 11.8 Å². The zero-order valence-corrected chi connectivity index (χ0v) is 7.08. The maximum atomic E-state index is 2.22. The van der Waals surface area contributed by atoms with Gasteiger partial charge in [0, 0.05) is 5.75 Å². The standard InChI is InChI=1S/C8H15S/c1-3-5-6-8-9-7-4-2/h6-8H,3-5H2,1-2H3/b8-6+. The van der Waals surface area contributed by atoms with E-state index in [1.807, 2.05) is 0 Å². The Labute approximate surface area is 62.7 Å². The van der Waals surface area contributed by atoms with Crippen molar-refractivity contribution in [3.63, 3.8) is 0 Å². The summed E-state index contributed by atoms with van der Waals surface area (Å²) < 4.78 is 0. The highest BCUT2D eigenvalue weighted by atomic mass is 32.2. The van der Waals surface area contributed by atoms with E-state index in [2.05, 4.69) is 31.1 Å². The number of thioether (sulfide) groups is 1. The second-order valence-corrected chi connectivity index (χ2v) is 2.75. The van der Waals surface area contributed by atoms with Crippen molar-refractivity contribution in [1.82, 2.24) is 0 Å². The molecule has 0 amide bonds. The molecule has 0 atom stereocenters. The highest BCUT2D eigenvalue weighted by Gasteiger charge is 1.77. The SMILES string of the molecule is CC[CH]S/C=C/CCC. The zero-order chi connectivity index (χ0) is 6.95. The zero-order valence-electron chi connectivity index (χ0n) is 6.26. The van der Waals surface area contributed by atoms with Gasteiger partial charge in [0.2, 0.25) is 0 Å². The van der Waals surface area contributed by atoms with E-state index in [4.69, 9.17) is 0 Å². The van der Waals surface area contributed by atoms with Gasteiger partial charge in [-0.3, -0.25) is 0 Å². The molecule has 0 unspecified atom stereocenters. The first-order valence-corrected chi connectivity index (χ1v) is 4.48. The van der Waals surface area contributed by atoms with Gasteiger partial charge in [-0.1, -0.05) is 26.3 Å². The van der Waals surface area contributed by atoms with Crippen molar-refractivity contribution in [3.05, 3.63) is 17.2 Å². The Morgan fingerprint density at radius 1 is 1.33 bits per heavy atom. The molecule has 0 nitrogen and oxygen atoms in total. The Morgan fingerprint density at radius 3 is 2.67 bits per heavy atom. The van der Waals surface area contributed by atoms with Crippen molar-refractivity contribution in [1.29, 1.82) is 0 Å². The van der Waals surface area contributed by atoms with Gasteiger partial charge in [0.25, 0.3) is 0 Å². The van der Waals surface area contributed by atoms with Gasteiger partial charge < -0.3 is 0 Å². The smallest absolute Gasteiger partial charge is 0.0208 e. The van der Waals surface area contributed by atoms with Crippen LogP contribution in [-0.4, -0.2) is 0 Å². The quantitative estimate of drug-likeness (QED) is 0.530. The van der Waals surface area contributed by atoms with Crippen LogP contribution in [0.1, 0.15) is 33.1 Å². The third kappa shape index (κ3) is 8.09. The Morgan fingerprint density at radius 2 is 2.11 bits per heavy atom. The van der Waals surface area contributed by atoms with Crippen molar-refractivity contribution in [3.8, 4) is 0 Å². The summed E-state index contributed by atoms with van der Waals surface area (Å²) in [7, 11) is 0. The van der Waals surface area contributed by atoms with Crippen LogP contribution in [0.15, 0.2) is 11.5 Å². The van der Waals surface area contributed by atoms with E-state index >= 15 is 0 Å². The van der Waals surface area contributed by atoms with Gasteiger partial charge in [0.05, 0.1) is 0 Å². The molecule has 9 heavy (non-hydrogen) atoms. The summed E-state index contributed by atoms with van der Waals surface area (Å²) in [5, 5.41) is 2.16. The second-order valence-electron chi connectivity index (χ2n) is 1.87. The minimum atomic E-state index is 1.15. The first kappa shape index (κ1) is 9.09. The molecule has 0 aromatic carbocycles. The fraction of sp³-hybridized carbons (Fsp3) is 0.625. The van der Waals surface area contributed by atoms with Crippen molar-refractivity contribution in [2.75, 3.05) is 0 Å². The average molecular weight is 143 g/mol. The first-order chi connectivity index (χ1) is 4.41. The summed E-state index contributed by atoms with van der Waals surface area (Å²) in [5.74, 6) is 2.20. The molecular weight excluding hydrogens is 128 g/mol. The molecule has 0 aliphatic carbocycles. The molecule has 0 aliphatic heterocycles. The first-order valence-electron chi connectivity index (χ1n) is 3.54.